The number of nitrogens with one attached hydrogen (secondary N) is 2. The summed E-state index contributed by atoms with van der Waals surface area (Å²) in [4.78, 5) is 37.5. The fourth-order valence-electron chi connectivity index (χ4n) is 4.21. The molecule has 11 heteroatoms. The zero-order valence-corrected chi connectivity index (χ0v) is 18.9. The van der Waals surface area contributed by atoms with Crippen LogP contribution in [0, 0.1) is 5.92 Å². The van der Waals surface area contributed by atoms with Gasteiger partial charge in [0.2, 0.25) is 5.91 Å². The third-order valence-electron chi connectivity index (χ3n) is 6.38. The second-order valence-electron chi connectivity index (χ2n) is 8.90. The minimum Gasteiger partial charge on any atom is -0.377 e. The third kappa shape index (κ3) is 4.18. The Kier molecular flexibility index (Phi) is 5.22. The Morgan fingerprint density at radius 2 is 1.91 bits per heavy atom. The molecule has 2 aliphatic heterocycles. The molecule has 6 rings (SSSR count). The first kappa shape index (κ1) is 20.5. The Morgan fingerprint density at radius 1 is 1.09 bits per heavy atom. The molecular weight excluding hydrogens is 442 g/mol. The Balaban J connectivity index is 1.22. The average Bonchev–Trinajstić information content (AvgIpc) is 3.42. The molecule has 1 aliphatic carbocycles. The van der Waals surface area contributed by atoms with Crippen LogP contribution in [-0.4, -0.2) is 74.7 Å². The van der Waals surface area contributed by atoms with Crippen molar-refractivity contribution in [2.24, 2.45) is 5.92 Å². The summed E-state index contributed by atoms with van der Waals surface area (Å²) in [5, 5.41) is 12.8. The highest BCUT2D eigenvalue weighted by molar-refractivity contribution is 7.16. The molecule has 0 atom stereocenters. The van der Waals surface area contributed by atoms with Crippen LogP contribution in [0.25, 0.3) is 16.2 Å². The standard InChI is InChI=1S/C22H25N7O3S/c30-20(13-1-2-13)25-14-3-5-28(6-4-14)21(31)17-9-18(24-15-11-32-12-15)27-19(26-17)16-10-23-29-7-8-33-22(16)29/h7-10,13-15H,1-6,11-12H2,(H,25,30)(H,24,26,27). The van der Waals surface area contributed by atoms with Crippen LogP contribution < -0.4 is 10.6 Å². The van der Waals surface area contributed by atoms with Crippen LogP contribution >= 0.6 is 11.3 Å². The van der Waals surface area contributed by atoms with Crippen LogP contribution in [-0.2, 0) is 9.53 Å². The van der Waals surface area contributed by atoms with E-state index in [1.807, 2.05) is 16.5 Å². The van der Waals surface area contributed by atoms with E-state index in [4.69, 9.17) is 4.74 Å². The molecule has 1 saturated carbocycles. The number of thiazole rings is 1. The maximum Gasteiger partial charge on any atom is 0.272 e. The second-order valence-corrected chi connectivity index (χ2v) is 9.80. The lowest BCUT2D eigenvalue weighted by atomic mass is 10.0. The number of piperidine rings is 1. The molecule has 3 aromatic heterocycles. The molecule has 3 aliphatic rings. The highest BCUT2D eigenvalue weighted by Gasteiger charge is 2.33. The highest BCUT2D eigenvalue weighted by Crippen LogP contribution is 2.30. The van der Waals surface area contributed by atoms with Gasteiger partial charge in [-0.2, -0.15) is 5.10 Å². The summed E-state index contributed by atoms with van der Waals surface area (Å²) in [6.45, 7) is 2.42. The SMILES string of the molecule is O=C(NC1CCN(C(=O)c2cc(NC3COC3)nc(-c3cnn4ccsc34)n2)CC1)C1CC1. The molecule has 0 radical (unpaired) electrons. The Morgan fingerprint density at radius 3 is 2.64 bits per heavy atom. The lowest BCUT2D eigenvalue weighted by Crippen LogP contribution is -2.47. The van der Waals surface area contributed by atoms with Crippen molar-refractivity contribution in [1.29, 1.82) is 0 Å². The van der Waals surface area contributed by atoms with E-state index in [1.165, 1.54) is 0 Å². The van der Waals surface area contributed by atoms with Crippen molar-refractivity contribution in [2.45, 2.75) is 37.8 Å². The summed E-state index contributed by atoms with van der Waals surface area (Å²) in [6, 6.07) is 2.04. The number of likely N-dealkylation sites (tertiary alicyclic amines) is 1. The molecule has 33 heavy (non-hydrogen) atoms. The molecule has 0 unspecified atom stereocenters. The third-order valence-corrected chi connectivity index (χ3v) is 7.27. The van der Waals surface area contributed by atoms with Gasteiger partial charge in [0.1, 0.15) is 16.3 Å². The van der Waals surface area contributed by atoms with Crippen LogP contribution in [0.2, 0.25) is 0 Å². The molecule has 3 aromatic rings. The number of rotatable bonds is 6. The Hall–Kier alpha value is -3.05. The first-order valence-corrected chi connectivity index (χ1v) is 12.3. The summed E-state index contributed by atoms with van der Waals surface area (Å²) in [6.07, 6.45) is 7.13. The van der Waals surface area contributed by atoms with E-state index in [-0.39, 0.29) is 29.8 Å². The molecule has 172 valence electrons. The predicted octanol–water partition coefficient (Wildman–Crippen LogP) is 1.79. The predicted molar refractivity (Wildman–Crippen MR) is 122 cm³/mol. The maximum absolute atomic E-state index is 13.4. The molecule has 2 N–H and O–H groups in total. The van der Waals surface area contributed by atoms with E-state index in [9.17, 15) is 9.59 Å². The van der Waals surface area contributed by atoms with Crippen LogP contribution in [0.1, 0.15) is 36.2 Å². The molecule has 5 heterocycles. The molecular formula is C22H25N7O3S. The number of hydrogen-bond acceptors (Lipinski definition) is 8. The smallest absolute Gasteiger partial charge is 0.272 e. The Bertz CT molecular complexity index is 1190. The van der Waals surface area contributed by atoms with Crippen LogP contribution in [0.3, 0.4) is 0 Å². The van der Waals surface area contributed by atoms with Crippen molar-refractivity contribution in [3.8, 4) is 11.4 Å². The van der Waals surface area contributed by atoms with E-state index in [2.05, 4.69) is 25.7 Å². The van der Waals surface area contributed by atoms with Gasteiger partial charge in [-0.05, 0) is 25.7 Å². The van der Waals surface area contributed by atoms with Gasteiger partial charge in [0.25, 0.3) is 5.91 Å². The summed E-state index contributed by atoms with van der Waals surface area (Å²) in [7, 11) is 0. The van der Waals surface area contributed by atoms with Crippen LogP contribution in [0.4, 0.5) is 5.82 Å². The minimum atomic E-state index is -0.117. The lowest BCUT2D eigenvalue weighted by Gasteiger charge is -2.32. The highest BCUT2D eigenvalue weighted by atomic mass is 32.1. The lowest BCUT2D eigenvalue weighted by molar-refractivity contribution is -0.123. The van der Waals surface area contributed by atoms with Gasteiger partial charge in [-0.15, -0.1) is 11.3 Å². The number of ether oxygens (including phenoxy) is 1. The van der Waals surface area contributed by atoms with Gasteiger partial charge in [-0.1, -0.05) is 0 Å². The number of carbonyl (C=O) groups is 2. The minimum absolute atomic E-state index is 0.117. The van der Waals surface area contributed by atoms with Crippen molar-refractivity contribution in [3.63, 3.8) is 0 Å². The normalized spacial score (nSPS) is 19.5. The molecule has 2 amide bonds. The molecule has 10 nitrogen and oxygen atoms in total. The monoisotopic (exact) mass is 467 g/mol. The number of carbonyl (C=O) groups excluding carboxylic acids is 2. The molecule has 3 fully saturated rings. The van der Waals surface area contributed by atoms with Gasteiger partial charge >= 0.3 is 0 Å². The van der Waals surface area contributed by atoms with Crippen LogP contribution in [0.5, 0.6) is 0 Å². The molecule has 0 aromatic carbocycles. The van der Waals surface area contributed by atoms with E-state index in [0.29, 0.717) is 43.6 Å². The van der Waals surface area contributed by atoms with Gasteiger partial charge in [0.05, 0.1) is 31.0 Å². The van der Waals surface area contributed by atoms with E-state index in [1.54, 1.807) is 28.1 Å². The average molecular weight is 468 g/mol. The van der Waals surface area contributed by atoms with Crippen molar-refractivity contribution in [1.82, 2.24) is 29.8 Å². The molecule has 2 saturated heterocycles. The van der Waals surface area contributed by atoms with Crippen molar-refractivity contribution < 1.29 is 14.3 Å². The van der Waals surface area contributed by atoms with Gasteiger partial charge in [-0.3, -0.25) is 9.59 Å². The van der Waals surface area contributed by atoms with Gasteiger partial charge in [-0.25, -0.2) is 14.5 Å². The fourth-order valence-corrected chi connectivity index (χ4v) is 5.01. The quantitative estimate of drug-likeness (QED) is 0.568. The van der Waals surface area contributed by atoms with Gasteiger partial charge in [0, 0.05) is 42.7 Å². The van der Waals surface area contributed by atoms with E-state index in [0.717, 1.165) is 36.1 Å². The van der Waals surface area contributed by atoms with Crippen LogP contribution in [0.15, 0.2) is 23.8 Å². The molecule has 0 bridgehead atoms. The number of nitrogens with zero attached hydrogens (tertiary/aromatic N) is 5. The fraction of sp³-hybridized carbons (Fsp3) is 0.500. The summed E-state index contributed by atoms with van der Waals surface area (Å²) in [5.74, 6) is 1.34. The van der Waals surface area contributed by atoms with Gasteiger partial charge < -0.3 is 20.3 Å². The topological polar surface area (TPSA) is 114 Å². The van der Waals surface area contributed by atoms with E-state index < -0.39 is 0 Å². The zero-order chi connectivity index (χ0) is 22.4. The van der Waals surface area contributed by atoms with Crippen molar-refractivity contribution >= 4 is 33.8 Å². The maximum atomic E-state index is 13.4. The van der Waals surface area contributed by atoms with Crippen molar-refractivity contribution in [3.05, 3.63) is 29.5 Å². The first-order chi connectivity index (χ1) is 16.1. The van der Waals surface area contributed by atoms with Gasteiger partial charge in [0.15, 0.2) is 5.82 Å². The summed E-state index contributed by atoms with van der Waals surface area (Å²) in [5.41, 5.74) is 1.16. The second kappa shape index (κ2) is 8.38. The van der Waals surface area contributed by atoms with E-state index >= 15 is 0 Å². The summed E-state index contributed by atoms with van der Waals surface area (Å²) >= 11 is 1.55. The number of anilines is 1. The van der Waals surface area contributed by atoms with Crippen molar-refractivity contribution in [2.75, 3.05) is 31.6 Å². The first-order valence-electron chi connectivity index (χ1n) is 11.4. The zero-order valence-electron chi connectivity index (χ0n) is 18.1. The largest absolute Gasteiger partial charge is 0.377 e. The number of amides is 2. The number of fused-ring (bicyclic) bond motifs is 1. The Labute approximate surface area is 194 Å². The number of aromatic nitrogens is 4. The number of hydrogen-bond donors (Lipinski definition) is 2. The summed E-state index contributed by atoms with van der Waals surface area (Å²) < 4.78 is 7.05. The molecule has 0 spiro atoms.